The largest absolute Gasteiger partial charge is 0.389 e. The molecule has 21 heavy (non-hydrogen) atoms. The molecule has 0 amide bonds. The molecule has 3 nitrogen and oxygen atoms in total. The van der Waals surface area contributed by atoms with E-state index in [0.717, 1.165) is 23.9 Å². The van der Waals surface area contributed by atoms with Crippen molar-refractivity contribution in [3.63, 3.8) is 0 Å². The van der Waals surface area contributed by atoms with Gasteiger partial charge in [0.1, 0.15) is 0 Å². The minimum absolute atomic E-state index is 0.392. The van der Waals surface area contributed by atoms with E-state index in [2.05, 4.69) is 12.2 Å². The molecule has 0 aromatic heterocycles. The zero-order valence-corrected chi connectivity index (χ0v) is 13.1. The third-order valence-electron chi connectivity index (χ3n) is 4.37. The van der Waals surface area contributed by atoms with Gasteiger partial charge in [0.2, 0.25) is 0 Å². The molecule has 1 aliphatic rings. The van der Waals surface area contributed by atoms with E-state index in [1.165, 1.54) is 25.7 Å². The number of aliphatic hydroxyl groups excluding tert-OH is 1. The van der Waals surface area contributed by atoms with Crippen LogP contribution < -0.4 is 5.32 Å². The van der Waals surface area contributed by atoms with Gasteiger partial charge in [0.25, 0.3) is 0 Å². The van der Waals surface area contributed by atoms with Gasteiger partial charge in [-0.1, -0.05) is 50.1 Å². The lowest BCUT2D eigenvalue weighted by Gasteiger charge is -2.26. The predicted octanol–water partition coefficient (Wildman–Crippen LogP) is 2.98. The Morgan fingerprint density at radius 3 is 2.62 bits per heavy atom. The maximum Gasteiger partial charge on any atom is 0.0897 e. The van der Waals surface area contributed by atoms with Crippen LogP contribution in [0, 0.1) is 11.8 Å². The Balaban J connectivity index is 1.50. The van der Waals surface area contributed by atoms with Crippen LogP contribution in [0.3, 0.4) is 0 Å². The molecule has 2 rings (SSSR count). The number of hydrogen-bond donors (Lipinski definition) is 2. The summed E-state index contributed by atoms with van der Waals surface area (Å²) in [5.74, 6) is 1.69. The number of rotatable bonds is 8. The molecule has 3 heteroatoms. The fourth-order valence-corrected chi connectivity index (χ4v) is 2.93. The summed E-state index contributed by atoms with van der Waals surface area (Å²) in [4.78, 5) is 0. The molecule has 1 aromatic rings. The van der Waals surface area contributed by atoms with Crippen molar-refractivity contribution in [3.05, 3.63) is 35.9 Å². The topological polar surface area (TPSA) is 41.5 Å². The van der Waals surface area contributed by atoms with E-state index in [4.69, 9.17) is 4.74 Å². The lowest BCUT2D eigenvalue weighted by molar-refractivity contribution is 0.0282. The number of benzene rings is 1. The van der Waals surface area contributed by atoms with Crippen molar-refractivity contribution >= 4 is 0 Å². The average Bonchev–Trinajstić information content (AvgIpc) is 2.50. The van der Waals surface area contributed by atoms with Crippen LogP contribution in [0.25, 0.3) is 0 Å². The SMILES string of the molecule is CC1CCC(CNCC(O)COCc2ccccc2)CC1. The third kappa shape index (κ3) is 6.60. The molecule has 0 radical (unpaired) electrons. The summed E-state index contributed by atoms with van der Waals surface area (Å²) in [5.41, 5.74) is 1.15. The van der Waals surface area contributed by atoms with Crippen molar-refractivity contribution in [2.75, 3.05) is 19.7 Å². The Bertz CT molecular complexity index is 374. The Hall–Kier alpha value is -0.900. The van der Waals surface area contributed by atoms with Gasteiger partial charge in [0.05, 0.1) is 19.3 Å². The van der Waals surface area contributed by atoms with Gasteiger partial charge in [-0.3, -0.25) is 0 Å². The van der Waals surface area contributed by atoms with E-state index < -0.39 is 6.10 Å². The molecule has 0 aliphatic heterocycles. The van der Waals surface area contributed by atoms with Gasteiger partial charge in [-0.05, 0) is 36.8 Å². The van der Waals surface area contributed by atoms with Crippen LogP contribution in [0.15, 0.2) is 30.3 Å². The highest BCUT2D eigenvalue weighted by atomic mass is 16.5. The molecule has 1 fully saturated rings. The van der Waals surface area contributed by atoms with Crippen LogP contribution in [-0.4, -0.2) is 30.9 Å². The first-order valence-electron chi connectivity index (χ1n) is 8.24. The minimum atomic E-state index is -0.420. The second-order valence-electron chi connectivity index (χ2n) is 6.44. The average molecular weight is 291 g/mol. The molecule has 0 saturated heterocycles. The summed E-state index contributed by atoms with van der Waals surface area (Å²) >= 11 is 0. The van der Waals surface area contributed by atoms with Crippen molar-refractivity contribution in [2.24, 2.45) is 11.8 Å². The molecule has 1 aromatic carbocycles. The predicted molar refractivity (Wildman–Crippen MR) is 86.1 cm³/mol. The fraction of sp³-hybridized carbons (Fsp3) is 0.667. The summed E-state index contributed by atoms with van der Waals surface area (Å²) in [7, 11) is 0. The summed E-state index contributed by atoms with van der Waals surface area (Å²) < 4.78 is 5.55. The second-order valence-corrected chi connectivity index (χ2v) is 6.44. The first-order chi connectivity index (χ1) is 10.2. The smallest absolute Gasteiger partial charge is 0.0897 e. The van der Waals surface area contributed by atoms with Crippen molar-refractivity contribution in [2.45, 2.75) is 45.3 Å². The Morgan fingerprint density at radius 2 is 1.90 bits per heavy atom. The van der Waals surface area contributed by atoms with Crippen LogP contribution in [0.2, 0.25) is 0 Å². The Morgan fingerprint density at radius 1 is 1.19 bits per heavy atom. The molecule has 0 spiro atoms. The van der Waals surface area contributed by atoms with Crippen LogP contribution in [-0.2, 0) is 11.3 Å². The van der Waals surface area contributed by atoms with Crippen molar-refractivity contribution in [3.8, 4) is 0 Å². The van der Waals surface area contributed by atoms with Gasteiger partial charge in [-0.15, -0.1) is 0 Å². The van der Waals surface area contributed by atoms with Crippen molar-refractivity contribution in [1.29, 1.82) is 0 Å². The number of ether oxygens (including phenoxy) is 1. The standard InChI is InChI=1S/C18H29NO2/c1-15-7-9-16(10-8-15)11-19-12-18(20)14-21-13-17-5-3-2-4-6-17/h2-6,15-16,18-20H,7-14H2,1H3. The van der Waals surface area contributed by atoms with Crippen LogP contribution >= 0.6 is 0 Å². The molecule has 0 bridgehead atoms. The highest BCUT2D eigenvalue weighted by Crippen LogP contribution is 2.27. The number of hydrogen-bond acceptors (Lipinski definition) is 3. The number of nitrogens with one attached hydrogen (secondary N) is 1. The maximum atomic E-state index is 9.91. The molecule has 118 valence electrons. The van der Waals surface area contributed by atoms with Gasteiger partial charge in [-0.25, -0.2) is 0 Å². The van der Waals surface area contributed by atoms with Crippen molar-refractivity contribution < 1.29 is 9.84 Å². The Labute approximate surface area is 128 Å². The number of aliphatic hydroxyl groups is 1. The maximum absolute atomic E-state index is 9.91. The van der Waals surface area contributed by atoms with Gasteiger partial charge in [0.15, 0.2) is 0 Å². The molecular formula is C18H29NO2. The third-order valence-corrected chi connectivity index (χ3v) is 4.37. The summed E-state index contributed by atoms with van der Waals surface area (Å²) in [6.07, 6.45) is 4.95. The van der Waals surface area contributed by atoms with Crippen LogP contribution in [0.5, 0.6) is 0 Å². The molecule has 1 aliphatic carbocycles. The molecule has 2 N–H and O–H groups in total. The van der Waals surface area contributed by atoms with E-state index in [1.807, 2.05) is 30.3 Å². The minimum Gasteiger partial charge on any atom is -0.389 e. The van der Waals surface area contributed by atoms with E-state index in [9.17, 15) is 5.11 Å². The quantitative estimate of drug-likeness (QED) is 0.773. The van der Waals surface area contributed by atoms with Gasteiger partial charge >= 0.3 is 0 Å². The lowest BCUT2D eigenvalue weighted by atomic mass is 9.83. The summed E-state index contributed by atoms with van der Waals surface area (Å²) in [6, 6.07) is 10.1. The first kappa shape index (κ1) is 16.5. The zero-order chi connectivity index (χ0) is 14.9. The molecule has 1 unspecified atom stereocenters. The van der Waals surface area contributed by atoms with E-state index in [-0.39, 0.29) is 0 Å². The van der Waals surface area contributed by atoms with Gasteiger partial charge < -0.3 is 15.2 Å². The van der Waals surface area contributed by atoms with Crippen molar-refractivity contribution in [1.82, 2.24) is 5.32 Å². The second kappa shape index (κ2) is 9.19. The monoisotopic (exact) mass is 291 g/mol. The lowest BCUT2D eigenvalue weighted by Crippen LogP contribution is -2.34. The molecule has 0 heterocycles. The van der Waals surface area contributed by atoms with Gasteiger partial charge in [0, 0.05) is 6.54 Å². The van der Waals surface area contributed by atoms with Gasteiger partial charge in [-0.2, -0.15) is 0 Å². The first-order valence-corrected chi connectivity index (χ1v) is 8.24. The summed E-state index contributed by atoms with van der Waals surface area (Å²) in [5, 5.41) is 13.3. The molecule has 1 atom stereocenters. The highest BCUT2D eigenvalue weighted by Gasteiger charge is 2.17. The highest BCUT2D eigenvalue weighted by molar-refractivity contribution is 5.13. The van der Waals surface area contributed by atoms with E-state index in [1.54, 1.807) is 0 Å². The Kier molecular flexibility index (Phi) is 7.20. The van der Waals surface area contributed by atoms with E-state index >= 15 is 0 Å². The summed E-state index contributed by atoms with van der Waals surface area (Å²) in [6.45, 7) is 4.96. The fourth-order valence-electron chi connectivity index (χ4n) is 2.93. The zero-order valence-electron chi connectivity index (χ0n) is 13.1. The van der Waals surface area contributed by atoms with Crippen LogP contribution in [0.1, 0.15) is 38.2 Å². The molecule has 1 saturated carbocycles. The van der Waals surface area contributed by atoms with E-state index in [0.29, 0.717) is 19.8 Å². The molecular weight excluding hydrogens is 262 g/mol. The normalized spacial score (nSPS) is 23.9. The van der Waals surface area contributed by atoms with Crippen LogP contribution in [0.4, 0.5) is 0 Å².